The monoisotopic (exact) mass is 376 g/mol. The molecule has 1 saturated heterocycles. The molecule has 1 aromatic carbocycles. The molecule has 1 N–H and O–H groups in total. The van der Waals surface area contributed by atoms with Crippen molar-refractivity contribution in [3.63, 3.8) is 0 Å². The third-order valence-corrected chi connectivity index (χ3v) is 5.29. The summed E-state index contributed by atoms with van der Waals surface area (Å²) in [5, 5.41) is 9.39. The van der Waals surface area contributed by atoms with E-state index in [1.165, 1.54) is 12.8 Å². The van der Waals surface area contributed by atoms with E-state index >= 15 is 0 Å². The van der Waals surface area contributed by atoms with Gasteiger partial charge in [-0.3, -0.25) is 9.88 Å². The Bertz CT molecular complexity index is 936. The van der Waals surface area contributed by atoms with E-state index in [2.05, 4.69) is 16.0 Å². The molecular formula is C23H24N2O3. The van der Waals surface area contributed by atoms with Crippen molar-refractivity contribution in [3.8, 4) is 11.3 Å². The Balaban J connectivity index is 1.42. The second-order valence-electron chi connectivity index (χ2n) is 7.39. The molecule has 1 atom stereocenters. The minimum absolute atomic E-state index is 0.261. The van der Waals surface area contributed by atoms with Gasteiger partial charge in [-0.1, -0.05) is 24.3 Å². The lowest BCUT2D eigenvalue weighted by molar-refractivity contribution is 0.0697. The average Bonchev–Trinajstić information content (AvgIpc) is 3.17. The summed E-state index contributed by atoms with van der Waals surface area (Å²) < 4.78 is 6.00. The molecule has 0 saturated carbocycles. The van der Waals surface area contributed by atoms with Gasteiger partial charge in [0.25, 0.3) is 0 Å². The number of hydrogen-bond donors (Lipinski definition) is 1. The third-order valence-electron chi connectivity index (χ3n) is 5.29. The Morgan fingerprint density at radius 2 is 2.00 bits per heavy atom. The fraction of sp³-hybridized carbons (Fsp3) is 0.304. The van der Waals surface area contributed by atoms with Gasteiger partial charge in [0.05, 0.1) is 12.1 Å². The van der Waals surface area contributed by atoms with Crippen molar-refractivity contribution in [2.75, 3.05) is 13.1 Å². The van der Waals surface area contributed by atoms with Gasteiger partial charge in [-0.15, -0.1) is 0 Å². The highest BCUT2D eigenvalue weighted by Gasteiger charge is 2.22. The van der Waals surface area contributed by atoms with Crippen LogP contribution in [0.5, 0.6) is 0 Å². The Morgan fingerprint density at radius 3 is 2.82 bits per heavy atom. The molecule has 144 valence electrons. The zero-order chi connectivity index (χ0) is 19.3. The van der Waals surface area contributed by atoms with Crippen LogP contribution in [0.25, 0.3) is 11.3 Å². The number of benzene rings is 1. The number of furan rings is 1. The fourth-order valence-electron chi connectivity index (χ4n) is 3.99. The summed E-state index contributed by atoms with van der Waals surface area (Å²) >= 11 is 0. The normalized spacial score (nSPS) is 17.5. The zero-order valence-corrected chi connectivity index (χ0v) is 15.8. The molecule has 2 aromatic heterocycles. The number of likely N-dealkylation sites (tertiary alicyclic amines) is 1. The van der Waals surface area contributed by atoms with Gasteiger partial charge in [0.1, 0.15) is 11.5 Å². The molecule has 5 heteroatoms. The molecule has 28 heavy (non-hydrogen) atoms. The van der Waals surface area contributed by atoms with Crippen molar-refractivity contribution < 1.29 is 14.3 Å². The minimum atomic E-state index is -0.943. The molecule has 3 heterocycles. The number of nitrogens with zero attached hydrogens (tertiary/aromatic N) is 2. The quantitative estimate of drug-likeness (QED) is 0.686. The first-order valence-electron chi connectivity index (χ1n) is 9.73. The maximum absolute atomic E-state index is 11.4. The third kappa shape index (κ3) is 4.31. The summed E-state index contributed by atoms with van der Waals surface area (Å²) in [6, 6.07) is 16.9. The van der Waals surface area contributed by atoms with Gasteiger partial charge in [0.2, 0.25) is 0 Å². The van der Waals surface area contributed by atoms with Crippen LogP contribution < -0.4 is 0 Å². The highest BCUT2D eigenvalue weighted by molar-refractivity contribution is 5.95. The van der Waals surface area contributed by atoms with Gasteiger partial charge >= 0.3 is 5.97 Å². The maximum Gasteiger partial charge on any atom is 0.336 e. The molecule has 4 rings (SSSR count). The Morgan fingerprint density at radius 1 is 1.14 bits per heavy atom. The average molecular weight is 376 g/mol. The van der Waals surface area contributed by atoms with Crippen molar-refractivity contribution in [1.29, 1.82) is 0 Å². The zero-order valence-electron chi connectivity index (χ0n) is 15.8. The number of aromatic nitrogens is 1. The Hall–Kier alpha value is -2.92. The summed E-state index contributed by atoms with van der Waals surface area (Å²) in [4.78, 5) is 18.3. The van der Waals surface area contributed by atoms with Gasteiger partial charge in [-0.05, 0) is 62.1 Å². The molecule has 0 spiro atoms. The maximum atomic E-state index is 11.4. The largest absolute Gasteiger partial charge is 0.478 e. The highest BCUT2D eigenvalue weighted by Crippen LogP contribution is 2.28. The van der Waals surface area contributed by atoms with Gasteiger partial charge in [0.15, 0.2) is 0 Å². The number of rotatable bonds is 6. The highest BCUT2D eigenvalue weighted by atomic mass is 16.4. The number of carboxylic acid groups (broad SMARTS) is 1. The molecule has 1 fully saturated rings. The van der Waals surface area contributed by atoms with Crippen LogP contribution in [0.4, 0.5) is 0 Å². The van der Waals surface area contributed by atoms with Crippen molar-refractivity contribution in [2.45, 2.75) is 25.8 Å². The lowest BCUT2D eigenvalue weighted by atomic mass is 9.93. The van der Waals surface area contributed by atoms with E-state index in [0.29, 0.717) is 17.2 Å². The molecule has 0 radical (unpaired) electrons. The van der Waals surface area contributed by atoms with E-state index in [-0.39, 0.29) is 5.56 Å². The molecule has 5 nitrogen and oxygen atoms in total. The second-order valence-corrected chi connectivity index (χ2v) is 7.39. The number of carbonyl (C=O) groups is 1. The molecular weight excluding hydrogens is 352 g/mol. The van der Waals surface area contributed by atoms with Gasteiger partial charge in [-0.2, -0.15) is 0 Å². The predicted molar refractivity (Wildman–Crippen MR) is 107 cm³/mol. The van der Waals surface area contributed by atoms with Crippen LogP contribution in [-0.2, 0) is 13.0 Å². The summed E-state index contributed by atoms with van der Waals surface area (Å²) in [6.45, 7) is 2.83. The molecule has 1 aliphatic heterocycles. The van der Waals surface area contributed by atoms with Gasteiger partial charge in [0, 0.05) is 24.0 Å². The van der Waals surface area contributed by atoms with Crippen LogP contribution in [0, 0.1) is 5.92 Å². The summed E-state index contributed by atoms with van der Waals surface area (Å²) in [7, 11) is 0. The van der Waals surface area contributed by atoms with Crippen LogP contribution in [0.3, 0.4) is 0 Å². The van der Waals surface area contributed by atoms with Crippen LogP contribution in [0.15, 0.2) is 65.2 Å². The first-order chi connectivity index (χ1) is 13.7. The topological polar surface area (TPSA) is 66.6 Å². The number of carboxylic acids is 1. The lowest BCUT2D eigenvalue weighted by Crippen LogP contribution is -2.35. The van der Waals surface area contributed by atoms with E-state index in [1.807, 2.05) is 36.5 Å². The van der Waals surface area contributed by atoms with E-state index in [1.54, 1.807) is 18.2 Å². The van der Waals surface area contributed by atoms with E-state index in [4.69, 9.17) is 4.42 Å². The molecule has 3 aromatic rings. The van der Waals surface area contributed by atoms with Crippen molar-refractivity contribution in [3.05, 3.63) is 77.8 Å². The summed E-state index contributed by atoms with van der Waals surface area (Å²) in [6.07, 6.45) is 5.26. The Kier molecular flexibility index (Phi) is 5.53. The van der Waals surface area contributed by atoms with Crippen molar-refractivity contribution in [2.24, 2.45) is 5.92 Å². The van der Waals surface area contributed by atoms with Crippen LogP contribution in [0.1, 0.15) is 34.7 Å². The van der Waals surface area contributed by atoms with Gasteiger partial charge < -0.3 is 9.52 Å². The van der Waals surface area contributed by atoms with Crippen LogP contribution in [-0.4, -0.2) is 34.0 Å². The minimum Gasteiger partial charge on any atom is -0.478 e. The van der Waals surface area contributed by atoms with Crippen LogP contribution in [0.2, 0.25) is 0 Å². The first-order valence-corrected chi connectivity index (χ1v) is 9.73. The number of hydrogen-bond acceptors (Lipinski definition) is 4. The van der Waals surface area contributed by atoms with E-state index in [0.717, 1.165) is 37.5 Å². The molecule has 1 unspecified atom stereocenters. The number of piperidine rings is 1. The predicted octanol–water partition coefficient (Wildman–Crippen LogP) is 4.49. The lowest BCUT2D eigenvalue weighted by Gasteiger charge is -2.32. The van der Waals surface area contributed by atoms with Crippen molar-refractivity contribution >= 4 is 5.97 Å². The van der Waals surface area contributed by atoms with E-state index < -0.39 is 5.97 Å². The first kappa shape index (κ1) is 18.4. The number of pyridine rings is 1. The molecule has 1 aliphatic rings. The SMILES string of the molecule is O=C(O)c1ccccc1-c1ccc(CN2CCCC(Cc3ccccn3)C2)o1. The van der Waals surface area contributed by atoms with Gasteiger partial charge in [-0.25, -0.2) is 4.79 Å². The number of aromatic carboxylic acids is 1. The molecule has 0 amide bonds. The second kappa shape index (κ2) is 8.40. The van der Waals surface area contributed by atoms with Crippen LogP contribution >= 0.6 is 0 Å². The molecule has 0 aliphatic carbocycles. The molecule has 0 bridgehead atoms. The summed E-state index contributed by atoms with van der Waals surface area (Å²) in [5.41, 5.74) is 2.03. The fourth-order valence-corrected chi connectivity index (χ4v) is 3.99. The van der Waals surface area contributed by atoms with Crippen molar-refractivity contribution in [1.82, 2.24) is 9.88 Å². The smallest absolute Gasteiger partial charge is 0.336 e. The Labute approximate surface area is 164 Å². The van der Waals surface area contributed by atoms with E-state index in [9.17, 15) is 9.90 Å². The standard InChI is InChI=1S/C23H24N2O3/c26-23(27)21-9-2-1-8-20(21)22-11-10-19(28-22)16-25-13-5-6-17(15-25)14-18-7-3-4-12-24-18/h1-4,7-12,17H,5-6,13-16H2,(H,26,27). The summed E-state index contributed by atoms with van der Waals surface area (Å²) in [5.74, 6) is 1.14.